The van der Waals surface area contributed by atoms with Crippen molar-refractivity contribution in [1.29, 1.82) is 5.41 Å². The first kappa shape index (κ1) is 24.8. The molecule has 2 amide bonds. The lowest BCUT2D eigenvalue weighted by Crippen LogP contribution is -2.44. The number of hydrogen-bond donors (Lipinski definition) is 5. The van der Waals surface area contributed by atoms with E-state index in [9.17, 15) is 27.2 Å². The molecule has 0 heterocycles. The topological polar surface area (TPSA) is 145 Å². The molecule has 0 saturated carbocycles. The second-order valence-corrected chi connectivity index (χ2v) is 5.28. The summed E-state index contributed by atoms with van der Waals surface area (Å²) in [4.78, 5) is 32.2. The molecule has 12 heteroatoms. The molecule has 0 aliphatic rings. The van der Waals surface area contributed by atoms with Crippen LogP contribution in [-0.2, 0) is 9.59 Å². The summed E-state index contributed by atoms with van der Waals surface area (Å²) in [6.07, 6.45) is -4.29. The van der Waals surface area contributed by atoms with Crippen LogP contribution in [0.25, 0.3) is 0 Å². The molecule has 0 bridgehead atoms. The molecule has 1 aromatic carbocycles. The number of alkyl halides is 4. The van der Waals surface area contributed by atoms with Crippen molar-refractivity contribution in [1.82, 2.24) is 10.6 Å². The quantitative estimate of drug-likeness (QED) is 0.190. The number of nitrogens with two attached hydrogens (primary N) is 1. The minimum Gasteiger partial charge on any atom is -0.475 e. The Morgan fingerprint density at radius 3 is 2.14 bits per heavy atom. The number of rotatable bonds is 8. The highest BCUT2D eigenvalue weighted by molar-refractivity contribution is 5.97. The Morgan fingerprint density at radius 1 is 1.18 bits per heavy atom. The van der Waals surface area contributed by atoms with E-state index in [1.54, 1.807) is 30.3 Å². The predicted molar refractivity (Wildman–Crippen MR) is 91.5 cm³/mol. The SMILES string of the molecule is N=C(CF)NCCC[C@H](NC(=O)c1ccccc1)C(N)=O.O=C(O)C(F)(F)F. The van der Waals surface area contributed by atoms with E-state index < -0.39 is 30.8 Å². The van der Waals surface area contributed by atoms with Crippen LogP contribution in [0.3, 0.4) is 0 Å². The molecule has 0 saturated heterocycles. The molecule has 0 spiro atoms. The number of carboxylic acids is 1. The molecule has 28 heavy (non-hydrogen) atoms. The summed E-state index contributed by atoms with van der Waals surface area (Å²) in [7, 11) is 0. The minimum atomic E-state index is -5.08. The Kier molecular flexibility index (Phi) is 10.9. The lowest BCUT2D eigenvalue weighted by molar-refractivity contribution is -0.192. The molecular weight excluding hydrogens is 388 g/mol. The second kappa shape index (κ2) is 12.3. The summed E-state index contributed by atoms with van der Waals surface area (Å²) in [6.45, 7) is -0.516. The molecule has 1 rings (SSSR count). The maximum atomic E-state index is 12.0. The number of carboxylic acid groups (broad SMARTS) is 1. The van der Waals surface area contributed by atoms with Crippen molar-refractivity contribution in [3.8, 4) is 0 Å². The average Bonchev–Trinajstić information content (AvgIpc) is 2.63. The maximum absolute atomic E-state index is 12.0. The van der Waals surface area contributed by atoms with Gasteiger partial charge in [0.15, 0.2) is 0 Å². The Hall–Kier alpha value is -3.18. The number of carbonyl (C=O) groups excluding carboxylic acids is 2. The number of hydrogen-bond acceptors (Lipinski definition) is 4. The van der Waals surface area contributed by atoms with Crippen molar-refractivity contribution < 1.29 is 37.1 Å². The number of aliphatic carboxylic acids is 1. The number of nitrogens with one attached hydrogen (secondary N) is 3. The zero-order valence-electron chi connectivity index (χ0n) is 14.6. The van der Waals surface area contributed by atoms with Gasteiger partial charge in [-0.25, -0.2) is 9.18 Å². The first-order valence-corrected chi connectivity index (χ1v) is 7.81. The van der Waals surface area contributed by atoms with Crippen LogP contribution in [-0.4, -0.2) is 54.2 Å². The lowest BCUT2D eigenvalue weighted by atomic mass is 10.1. The van der Waals surface area contributed by atoms with Crippen LogP contribution in [0.4, 0.5) is 17.6 Å². The van der Waals surface area contributed by atoms with Crippen molar-refractivity contribution in [3.63, 3.8) is 0 Å². The Bertz CT molecular complexity index is 668. The molecule has 0 unspecified atom stereocenters. The molecule has 0 aliphatic carbocycles. The molecule has 156 valence electrons. The van der Waals surface area contributed by atoms with Crippen molar-refractivity contribution in [2.24, 2.45) is 5.73 Å². The normalized spacial score (nSPS) is 11.4. The van der Waals surface area contributed by atoms with Gasteiger partial charge >= 0.3 is 12.1 Å². The largest absolute Gasteiger partial charge is 0.490 e. The predicted octanol–water partition coefficient (Wildman–Crippen LogP) is 1.22. The third-order valence-corrected chi connectivity index (χ3v) is 3.07. The number of benzene rings is 1. The lowest BCUT2D eigenvalue weighted by Gasteiger charge is -2.15. The van der Waals surface area contributed by atoms with Gasteiger partial charge in [0, 0.05) is 12.1 Å². The number of amides is 2. The molecule has 0 aromatic heterocycles. The van der Waals surface area contributed by atoms with Gasteiger partial charge in [-0.1, -0.05) is 18.2 Å². The van der Waals surface area contributed by atoms with E-state index in [2.05, 4.69) is 10.6 Å². The Balaban J connectivity index is 0.000000887. The van der Waals surface area contributed by atoms with Gasteiger partial charge in [0.2, 0.25) is 5.91 Å². The van der Waals surface area contributed by atoms with Crippen LogP contribution >= 0.6 is 0 Å². The third-order valence-electron chi connectivity index (χ3n) is 3.07. The summed E-state index contributed by atoms with van der Waals surface area (Å²) >= 11 is 0. The summed E-state index contributed by atoms with van der Waals surface area (Å²) in [5.41, 5.74) is 5.70. The van der Waals surface area contributed by atoms with Crippen molar-refractivity contribution in [2.75, 3.05) is 13.2 Å². The van der Waals surface area contributed by atoms with Gasteiger partial charge in [-0.3, -0.25) is 15.0 Å². The number of halogens is 4. The van der Waals surface area contributed by atoms with Crippen molar-refractivity contribution in [2.45, 2.75) is 25.1 Å². The van der Waals surface area contributed by atoms with E-state index >= 15 is 0 Å². The van der Waals surface area contributed by atoms with Crippen LogP contribution in [0.15, 0.2) is 30.3 Å². The molecule has 1 atom stereocenters. The van der Waals surface area contributed by atoms with E-state index in [0.717, 1.165) is 0 Å². The number of primary amides is 1. The van der Waals surface area contributed by atoms with Crippen LogP contribution in [0.2, 0.25) is 0 Å². The van der Waals surface area contributed by atoms with Gasteiger partial charge in [0.1, 0.15) is 18.6 Å². The monoisotopic (exact) mass is 408 g/mol. The number of amidine groups is 1. The molecule has 1 aromatic rings. The highest BCUT2D eigenvalue weighted by Gasteiger charge is 2.38. The maximum Gasteiger partial charge on any atom is 0.490 e. The van der Waals surface area contributed by atoms with Gasteiger partial charge in [0.05, 0.1) is 0 Å². The molecule has 0 aliphatic heterocycles. The van der Waals surface area contributed by atoms with E-state index in [1.807, 2.05) is 0 Å². The van der Waals surface area contributed by atoms with Gasteiger partial charge < -0.3 is 21.5 Å². The van der Waals surface area contributed by atoms with Crippen LogP contribution in [0.5, 0.6) is 0 Å². The fraction of sp³-hybridized carbons (Fsp3) is 0.375. The van der Waals surface area contributed by atoms with Gasteiger partial charge in [-0.05, 0) is 25.0 Å². The van der Waals surface area contributed by atoms with E-state index in [0.29, 0.717) is 24.9 Å². The zero-order valence-corrected chi connectivity index (χ0v) is 14.6. The standard InChI is InChI=1S/C14H19FN4O2.C2HF3O2/c15-9-12(16)18-8-4-7-11(13(17)20)19-14(21)10-5-2-1-3-6-10;3-2(4,5)1(6)7/h1-3,5-6,11H,4,7-9H2,(H2,16,18)(H2,17,20)(H,19,21);(H,6,7)/t11-;/m0./s1. The van der Waals surface area contributed by atoms with Crippen molar-refractivity contribution in [3.05, 3.63) is 35.9 Å². The molecule has 8 nitrogen and oxygen atoms in total. The average molecular weight is 408 g/mol. The van der Waals surface area contributed by atoms with Gasteiger partial charge in [-0.2, -0.15) is 13.2 Å². The fourth-order valence-electron chi connectivity index (χ4n) is 1.71. The number of carbonyl (C=O) groups is 3. The van der Waals surface area contributed by atoms with Crippen LogP contribution in [0, 0.1) is 5.41 Å². The van der Waals surface area contributed by atoms with Gasteiger partial charge in [0.25, 0.3) is 5.91 Å². The van der Waals surface area contributed by atoms with Crippen LogP contribution < -0.4 is 16.4 Å². The molecule has 0 fully saturated rings. The Morgan fingerprint density at radius 2 is 1.71 bits per heavy atom. The van der Waals surface area contributed by atoms with E-state index in [-0.39, 0.29) is 11.7 Å². The van der Waals surface area contributed by atoms with Crippen LogP contribution in [0.1, 0.15) is 23.2 Å². The minimum absolute atomic E-state index is 0.209. The summed E-state index contributed by atoms with van der Waals surface area (Å²) in [5.74, 6) is -3.96. The molecule has 0 radical (unpaired) electrons. The highest BCUT2D eigenvalue weighted by Crippen LogP contribution is 2.13. The molecule has 6 N–H and O–H groups in total. The van der Waals surface area contributed by atoms with Gasteiger partial charge in [-0.15, -0.1) is 0 Å². The fourth-order valence-corrected chi connectivity index (χ4v) is 1.71. The summed E-state index contributed by atoms with van der Waals surface area (Å²) in [5, 5.41) is 19.3. The van der Waals surface area contributed by atoms with Crippen molar-refractivity contribution >= 4 is 23.6 Å². The first-order valence-electron chi connectivity index (χ1n) is 7.81. The molecular formula is C16H20F4N4O4. The van der Waals surface area contributed by atoms with E-state index in [4.69, 9.17) is 21.0 Å². The Labute approximate surface area is 157 Å². The first-order chi connectivity index (χ1) is 13.0. The van der Waals surface area contributed by atoms with E-state index in [1.165, 1.54) is 0 Å². The smallest absolute Gasteiger partial charge is 0.475 e. The summed E-state index contributed by atoms with van der Waals surface area (Å²) in [6, 6.07) is 7.71. The third kappa shape index (κ3) is 10.7. The summed E-state index contributed by atoms with van der Waals surface area (Å²) < 4.78 is 43.8. The second-order valence-electron chi connectivity index (χ2n) is 5.28. The highest BCUT2D eigenvalue weighted by atomic mass is 19.4. The zero-order chi connectivity index (χ0) is 21.7.